The topological polar surface area (TPSA) is 81.2 Å². The molecule has 1 saturated carbocycles. The zero-order valence-corrected chi connectivity index (χ0v) is 20.8. The van der Waals surface area contributed by atoms with E-state index in [9.17, 15) is 0 Å². The molecule has 2 aromatic heterocycles. The molecule has 1 aliphatic heterocycles. The number of hydrogen-bond acceptors (Lipinski definition) is 6. The third-order valence-corrected chi connectivity index (χ3v) is 7.76. The molecule has 0 amide bonds. The van der Waals surface area contributed by atoms with Crippen LogP contribution in [-0.4, -0.2) is 51.2 Å². The van der Waals surface area contributed by atoms with Crippen LogP contribution in [0.25, 0.3) is 22.2 Å². The molecule has 3 heterocycles. The summed E-state index contributed by atoms with van der Waals surface area (Å²) in [6, 6.07) is 19.7. The Balaban J connectivity index is 1.25. The first kappa shape index (κ1) is 23.0. The highest BCUT2D eigenvalue weighted by Gasteiger charge is 2.30. The molecule has 6 rings (SSSR count). The van der Waals surface area contributed by atoms with Gasteiger partial charge in [0.1, 0.15) is 29.3 Å². The Kier molecular flexibility index (Phi) is 6.34. The lowest BCUT2D eigenvalue weighted by molar-refractivity contribution is 0.107. The van der Waals surface area contributed by atoms with Gasteiger partial charge in [0.2, 0.25) is 0 Å². The second-order valence-corrected chi connectivity index (χ2v) is 10.2. The third-order valence-electron chi connectivity index (χ3n) is 7.76. The van der Waals surface area contributed by atoms with Gasteiger partial charge in [-0.05, 0) is 62.4 Å². The van der Waals surface area contributed by atoms with E-state index in [0.29, 0.717) is 23.9 Å². The van der Waals surface area contributed by atoms with Gasteiger partial charge in [0.25, 0.3) is 0 Å². The lowest BCUT2D eigenvalue weighted by Crippen LogP contribution is -2.53. The van der Waals surface area contributed by atoms with Gasteiger partial charge in [-0.1, -0.05) is 30.3 Å². The second-order valence-electron chi connectivity index (χ2n) is 10.2. The van der Waals surface area contributed by atoms with Crippen LogP contribution in [0.3, 0.4) is 0 Å². The summed E-state index contributed by atoms with van der Waals surface area (Å²) in [5.74, 6) is 2.16. The molecule has 7 heteroatoms. The number of nitrogen functional groups attached to an aromatic ring is 1. The summed E-state index contributed by atoms with van der Waals surface area (Å²) in [5, 5.41) is 4.50. The summed E-state index contributed by atoms with van der Waals surface area (Å²) in [7, 11) is 0. The van der Waals surface area contributed by atoms with Crippen molar-refractivity contribution in [2.45, 2.75) is 50.7 Å². The van der Waals surface area contributed by atoms with E-state index >= 15 is 0 Å². The second kappa shape index (κ2) is 9.91. The highest BCUT2D eigenvalue weighted by molar-refractivity contribution is 6.00. The Bertz CT molecular complexity index is 1310. The van der Waals surface area contributed by atoms with Gasteiger partial charge in [-0.2, -0.15) is 0 Å². The summed E-state index contributed by atoms with van der Waals surface area (Å²) in [5.41, 5.74) is 9.50. The van der Waals surface area contributed by atoms with E-state index in [2.05, 4.69) is 50.0 Å². The van der Waals surface area contributed by atoms with Gasteiger partial charge in [0.05, 0.1) is 5.39 Å². The lowest BCUT2D eigenvalue weighted by atomic mass is 9.89. The van der Waals surface area contributed by atoms with Crippen LogP contribution >= 0.6 is 0 Å². The Morgan fingerprint density at radius 2 is 1.64 bits per heavy atom. The molecule has 1 saturated heterocycles. The van der Waals surface area contributed by atoms with Crippen LogP contribution in [0.5, 0.6) is 11.5 Å². The van der Waals surface area contributed by atoms with Crippen LogP contribution < -0.4 is 15.8 Å². The average Bonchev–Trinajstić information content (AvgIpc) is 3.31. The Hall–Kier alpha value is -3.42. The van der Waals surface area contributed by atoms with Gasteiger partial charge in [-0.25, -0.2) is 9.97 Å². The molecule has 36 heavy (non-hydrogen) atoms. The van der Waals surface area contributed by atoms with Gasteiger partial charge in [-0.15, -0.1) is 0 Å². The molecule has 7 nitrogen and oxygen atoms in total. The maximum atomic E-state index is 6.40. The molecule has 2 fully saturated rings. The minimum atomic E-state index is 0.424. The summed E-state index contributed by atoms with van der Waals surface area (Å²) < 4.78 is 8.34. The molecule has 0 radical (unpaired) electrons. The Labute approximate surface area is 212 Å². The standard InChI is InChI=1S/C29H34N6O/c1-20-17-34(16-15-31-20)22-9-11-23(12-10-22)35-18-26(27-28(30)32-19-33-29(27)35)21-7-13-25(14-8-21)36-24-5-3-2-4-6-24/h2-8,13-14,18-20,22-23,31H,9-12,15-17H2,1H3,(H2,30,32,33)/t20-,22-,23-/m0/s1. The van der Waals surface area contributed by atoms with Crippen LogP contribution in [0, 0.1) is 0 Å². The molecular weight excluding hydrogens is 448 g/mol. The molecule has 0 spiro atoms. The number of piperazine rings is 1. The normalized spacial score (nSPS) is 23.1. The van der Waals surface area contributed by atoms with Crippen molar-refractivity contribution in [3.05, 3.63) is 67.1 Å². The van der Waals surface area contributed by atoms with Crippen molar-refractivity contribution in [2.75, 3.05) is 25.4 Å². The molecular formula is C29H34N6O. The van der Waals surface area contributed by atoms with Gasteiger partial charge in [0.15, 0.2) is 0 Å². The predicted octanol–water partition coefficient (Wildman–Crippen LogP) is 5.25. The fourth-order valence-electron chi connectivity index (χ4n) is 5.93. The number of rotatable bonds is 5. The predicted molar refractivity (Wildman–Crippen MR) is 144 cm³/mol. The van der Waals surface area contributed by atoms with Crippen molar-refractivity contribution in [3.63, 3.8) is 0 Å². The summed E-state index contributed by atoms with van der Waals surface area (Å²) >= 11 is 0. The quantitative estimate of drug-likeness (QED) is 0.404. The summed E-state index contributed by atoms with van der Waals surface area (Å²) in [4.78, 5) is 11.7. The lowest BCUT2D eigenvalue weighted by Gasteiger charge is -2.41. The average molecular weight is 483 g/mol. The number of nitrogens with one attached hydrogen (secondary N) is 1. The van der Waals surface area contributed by atoms with E-state index in [1.807, 2.05) is 42.5 Å². The molecule has 186 valence electrons. The number of anilines is 1. The molecule has 3 N–H and O–H groups in total. The molecule has 0 unspecified atom stereocenters. The number of para-hydroxylation sites is 1. The maximum Gasteiger partial charge on any atom is 0.146 e. The van der Waals surface area contributed by atoms with E-state index in [1.165, 1.54) is 12.8 Å². The molecule has 1 atom stereocenters. The van der Waals surface area contributed by atoms with Crippen molar-refractivity contribution in [3.8, 4) is 22.6 Å². The monoisotopic (exact) mass is 482 g/mol. The Morgan fingerprint density at radius 3 is 2.39 bits per heavy atom. The molecule has 2 aromatic carbocycles. The minimum absolute atomic E-state index is 0.424. The maximum absolute atomic E-state index is 6.40. The fourth-order valence-corrected chi connectivity index (χ4v) is 5.93. The minimum Gasteiger partial charge on any atom is -0.457 e. The molecule has 1 aliphatic carbocycles. The van der Waals surface area contributed by atoms with E-state index in [-0.39, 0.29) is 0 Å². The third kappa shape index (κ3) is 4.56. The SMILES string of the molecule is C[C@H]1CN([C@H]2CC[C@H](n3cc(-c4ccc(Oc5ccccc5)cc4)c4c(N)ncnc43)CC2)CCN1. The number of hydrogen-bond donors (Lipinski definition) is 2. The first-order chi connectivity index (χ1) is 17.7. The van der Waals surface area contributed by atoms with Gasteiger partial charge in [-0.3, -0.25) is 4.90 Å². The largest absolute Gasteiger partial charge is 0.457 e. The number of ether oxygens (including phenoxy) is 1. The summed E-state index contributed by atoms with van der Waals surface area (Å²) in [6.07, 6.45) is 8.57. The van der Waals surface area contributed by atoms with Crippen molar-refractivity contribution < 1.29 is 4.74 Å². The van der Waals surface area contributed by atoms with E-state index in [1.54, 1.807) is 6.33 Å². The smallest absolute Gasteiger partial charge is 0.146 e. The van der Waals surface area contributed by atoms with Gasteiger partial charge in [0, 0.05) is 49.5 Å². The van der Waals surface area contributed by atoms with Gasteiger partial charge < -0.3 is 20.4 Å². The van der Waals surface area contributed by atoms with E-state index < -0.39 is 0 Å². The van der Waals surface area contributed by atoms with Crippen molar-refractivity contribution >= 4 is 16.9 Å². The van der Waals surface area contributed by atoms with Gasteiger partial charge >= 0.3 is 0 Å². The highest BCUT2D eigenvalue weighted by Crippen LogP contribution is 2.39. The summed E-state index contributed by atoms with van der Waals surface area (Å²) in [6.45, 7) is 5.69. The van der Waals surface area contributed by atoms with Crippen molar-refractivity contribution in [2.24, 2.45) is 0 Å². The van der Waals surface area contributed by atoms with E-state index in [0.717, 1.165) is 66.1 Å². The zero-order chi connectivity index (χ0) is 24.5. The fraction of sp³-hybridized carbons (Fsp3) is 0.379. The number of benzene rings is 2. The molecule has 2 aliphatic rings. The van der Waals surface area contributed by atoms with Crippen molar-refractivity contribution in [1.29, 1.82) is 0 Å². The van der Waals surface area contributed by atoms with E-state index in [4.69, 9.17) is 10.5 Å². The van der Waals surface area contributed by atoms with Crippen LogP contribution in [-0.2, 0) is 0 Å². The first-order valence-electron chi connectivity index (χ1n) is 13.1. The molecule has 0 bridgehead atoms. The van der Waals surface area contributed by atoms with Crippen LogP contribution in [0.15, 0.2) is 67.1 Å². The number of fused-ring (bicyclic) bond motifs is 1. The molecule has 4 aromatic rings. The number of aromatic nitrogens is 3. The number of nitrogens with two attached hydrogens (primary N) is 1. The Morgan fingerprint density at radius 1 is 0.917 bits per heavy atom. The first-order valence-corrected chi connectivity index (χ1v) is 13.1. The van der Waals surface area contributed by atoms with Crippen LogP contribution in [0.4, 0.5) is 5.82 Å². The van der Waals surface area contributed by atoms with Crippen molar-refractivity contribution in [1.82, 2.24) is 24.8 Å². The number of nitrogens with zero attached hydrogens (tertiary/aromatic N) is 4. The van der Waals surface area contributed by atoms with Crippen LogP contribution in [0.2, 0.25) is 0 Å². The highest BCUT2D eigenvalue weighted by atomic mass is 16.5. The zero-order valence-electron chi connectivity index (χ0n) is 20.8. The van der Waals surface area contributed by atoms with Crippen LogP contribution in [0.1, 0.15) is 38.6 Å².